The standard InChI is InChI=1S/C18H13ClFN5O2/c19-15-7-16(25-17(23-15)14(9-22-25)11-2-1-3-11)24(18(26)27)13-5-10(8-21)4-12(20)6-13/h4-7,9,11H,1-3H2,(H,26,27). The van der Waals surface area contributed by atoms with Crippen LogP contribution in [0.4, 0.5) is 20.7 Å². The molecule has 0 unspecified atom stereocenters. The third-order valence-corrected chi connectivity index (χ3v) is 4.88. The lowest BCUT2D eigenvalue weighted by atomic mass is 9.81. The monoisotopic (exact) mass is 385 g/mol. The molecule has 0 aliphatic heterocycles. The molecule has 0 spiro atoms. The van der Waals surface area contributed by atoms with Crippen molar-refractivity contribution in [1.29, 1.82) is 5.26 Å². The number of anilines is 2. The average Bonchev–Trinajstić information content (AvgIpc) is 2.96. The Hall–Kier alpha value is -3.18. The van der Waals surface area contributed by atoms with Crippen LogP contribution in [-0.4, -0.2) is 25.8 Å². The van der Waals surface area contributed by atoms with Gasteiger partial charge in [0.2, 0.25) is 0 Å². The van der Waals surface area contributed by atoms with Crippen molar-refractivity contribution in [3.05, 3.63) is 52.6 Å². The summed E-state index contributed by atoms with van der Waals surface area (Å²) in [5, 5.41) is 23.2. The zero-order chi connectivity index (χ0) is 19.1. The number of halogens is 2. The number of amides is 1. The number of carboxylic acid groups (broad SMARTS) is 1. The molecule has 4 rings (SSSR count). The molecule has 27 heavy (non-hydrogen) atoms. The Kier molecular flexibility index (Phi) is 4.16. The van der Waals surface area contributed by atoms with Crippen molar-refractivity contribution in [1.82, 2.24) is 14.6 Å². The molecule has 0 atom stereocenters. The van der Waals surface area contributed by atoms with E-state index in [0.29, 0.717) is 11.6 Å². The summed E-state index contributed by atoms with van der Waals surface area (Å²) in [6.45, 7) is 0. The summed E-state index contributed by atoms with van der Waals surface area (Å²) in [4.78, 5) is 17.1. The van der Waals surface area contributed by atoms with Crippen molar-refractivity contribution in [3.8, 4) is 6.07 Å². The van der Waals surface area contributed by atoms with Gasteiger partial charge >= 0.3 is 6.09 Å². The summed E-state index contributed by atoms with van der Waals surface area (Å²) < 4.78 is 15.3. The minimum absolute atomic E-state index is 0.00303. The third-order valence-electron chi connectivity index (χ3n) is 4.68. The molecule has 1 amide bonds. The summed E-state index contributed by atoms with van der Waals surface area (Å²) in [7, 11) is 0. The number of nitriles is 1. The number of hydrogen-bond acceptors (Lipinski definition) is 4. The first-order valence-corrected chi connectivity index (χ1v) is 8.63. The predicted octanol–water partition coefficient (Wildman–Crippen LogP) is 4.48. The average molecular weight is 386 g/mol. The molecule has 1 aliphatic rings. The van der Waals surface area contributed by atoms with E-state index >= 15 is 0 Å². The van der Waals surface area contributed by atoms with E-state index in [1.807, 2.05) is 6.07 Å². The summed E-state index contributed by atoms with van der Waals surface area (Å²) in [5.41, 5.74) is 1.37. The number of carbonyl (C=O) groups is 1. The van der Waals surface area contributed by atoms with Crippen molar-refractivity contribution < 1.29 is 14.3 Å². The van der Waals surface area contributed by atoms with Crippen LogP contribution in [0.3, 0.4) is 0 Å². The van der Waals surface area contributed by atoms with E-state index in [0.717, 1.165) is 41.9 Å². The molecule has 0 radical (unpaired) electrons. The number of benzene rings is 1. The molecule has 1 aliphatic carbocycles. The largest absolute Gasteiger partial charge is 0.464 e. The molecule has 2 aromatic heterocycles. The molecular formula is C18H13ClFN5O2. The van der Waals surface area contributed by atoms with Gasteiger partial charge < -0.3 is 5.11 Å². The molecule has 2 heterocycles. The van der Waals surface area contributed by atoms with Crippen LogP contribution in [0, 0.1) is 17.1 Å². The van der Waals surface area contributed by atoms with Gasteiger partial charge in [0.25, 0.3) is 0 Å². The van der Waals surface area contributed by atoms with Crippen LogP contribution in [-0.2, 0) is 0 Å². The fourth-order valence-corrected chi connectivity index (χ4v) is 3.39. The first-order chi connectivity index (χ1) is 13.0. The van der Waals surface area contributed by atoms with Crippen LogP contribution in [0.5, 0.6) is 0 Å². The number of nitrogens with zero attached hydrogens (tertiary/aromatic N) is 5. The quantitative estimate of drug-likeness (QED) is 0.671. The van der Waals surface area contributed by atoms with Gasteiger partial charge in [0.15, 0.2) is 5.65 Å². The van der Waals surface area contributed by atoms with Crippen molar-refractivity contribution in [2.24, 2.45) is 0 Å². The molecule has 1 fully saturated rings. The van der Waals surface area contributed by atoms with Gasteiger partial charge in [-0.15, -0.1) is 0 Å². The maximum Gasteiger partial charge on any atom is 0.417 e. The van der Waals surface area contributed by atoms with E-state index < -0.39 is 11.9 Å². The predicted molar refractivity (Wildman–Crippen MR) is 95.9 cm³/mol. The Labute approximate surface area is 158 Å². The van der Waals surface area contributed by atoms with Crippen molar-refractivity contribution >= 4 is 34.8 Å². The summed E-state index contributed by atoms with van der Waals surface area (Å²) in [6, 6.07) is 6.51. The van der Waals surface area contributed by atoms with Crippen LogP contribution >= 0.6 is 11.6 Å². The highest BCUT2D eigenvalue weighted by Gasteiger charge is 2.27. The number of fused-ring (bicyclic) bond motifs is 1. The molecule has 9 heteroatoms. The molecule has 7 nitrogen and oxygen atoms in total. The maximum absolute atomic E-state index is 13.9. The number of rotatable bonds is 3. The molecule has 136 valence electrons. The second-order valence-corrected chi connectivity index (χ2v) is 6.72. The van der Waals surface area contributed by atoms with Crippen LogP contribution in [0.2, 0.25) is 5.15 Å². The molecular weight excluding hydrogens is 373 g/mol. The zero-order valence-electron chi connectivity index (χ0n) is 13.9. The lowest BCUT2D eigenvalue weighted by Crippen LogP contribution is -2.26. The van der Waals surface area contributed by atoms with Crippen LogP contribution in [0.15, 0.2) is 30.5 Å². The highest BCUT2D eigenvalue weighted by atomic mass is 35.5. The van der Waals surface area contributed by atoms with Crippen LogP contribution in [0.1, 0.15) is 36.3 Å². The normalized spacial score (nSPS) is 14.0. The smallest absolute Gasteiger partial charge is 0.417 e. The Balaban J connectivity index is 1.93. The molecule has 1 saturated carbocycles. The Morgan fingerprint density at radius 1 is 1.37 bits per heavy atom. The summed E-state index contributed by atoms with van der Waals surface area (Å²) >= 11 is 6.15. The first kappa shape index (κ1) is 17.2. The van der Waals surface area contributed by atoms with Gasteiger partial charge in [0.05, 0.1) is 23.5 Å². The van der Waals surface area contributed by atoms with E-state index in [4.69, 9.17) is 16.9 Å². The van der Waals surface area contributed by atoms with Gasteiger partial charge in [-0.25, -0.2) is 19.1 Å². The summed E-state index contributed by atoms with van der Waals surface area (Å²) in [5.74, 6) is -0.307. The van der Waals surface area contributed by atoms with Gasteiger partial charge in [-0.3, -0.25) is 0 Å². The van der Waals surface area contributed by atoms with Gasteiger partial charge in [-0.1, -0.05) is 18.0 Å². The zero-order valence-corrected chi connectivity index (χ0v) is 14.7. The van der Waals surface area contributed by atoms with Gasteiger partial charge in [0, 0.05) is 11.6 Å². The lowest BCUT2D eigenvalue weighted by molar-refractivity contribution is 0.204. The van der Waals surface area contributed by atoms with Crippen molar-refractivity contribution in [2.75, 3.05) is 4.90 Å². The third kappa shape index (κ3) is 2.96. The number of aromatic nitrogens is 3. The Morgan fingerprint density at radius 2 is 2.15 bits per heavy atom. The lowest BCUT2D eigenvalue weighted by Gasteiger charge is -2.24. The topological polar surface area (TPSA) is 94.5 Å². The molecule has 1 N–H and O–H groups in total. The number of hydrogen-bond donors (Lipinski definition) is 1. The minimum Gasteiger partial charge on any atom is -0.464 e. The van der Waals surface area contributed by atoms with Gasteiger partial charge in [-0.05, 0) is 37.0 Å². The molecule has 3 aromatic rings. The van der Waals surface area contributed by atoms with Crippen molar-refractivity contribution in [3.63, 3.8) is 0 Å². The van der Waals surface area contributed by atoms with Crippen LogP contribution < -0.4 is 4.90 Å². The maximum atomic E-state index is 13.9. The first-order valence-electron chi connectivity index (χ1n) is 8.26. The molecule has 0 bridgehead atoms. The highest BCUT2D eigenvalue weighted by Crippen LogP contribution is 2.39. The van der Waals surface area contributed by atoms with E-state index in [1.54, 1.807) is 6.20 Å². The molecule has 1 aromatic carbocycles. The van der Waals surface area contributed by atoms with Gasteiger partial charge in [-0.2, -0.15) is 14.9 Å². The van der Waals surface area contributed by atoms with E-state index in [-0.39, 0.29) is 22.2 Å². The Bertz CT molecular complexity index is 1100. The van der Waals surface area contributed by atoms with E-state index in [2.05, 4.69) is 10.1 Å². The van der Waals surface area contributed by atoms with E-state index in [9.17, 15) is 14.3 Å². The fraction of sp³-hybridized carbons (Fsp3) is 0.222. The fourth-order valence-electron chi connectivity index (χ4n) is 3.21. The van der Waals surface area contributed by atoms with E-state index in [1.165, 1.54) is 16.6 Å². The van der Waals surface area contributed by atoms with Gasteiger partial charge in [0.1, 0.15) is 16.8 Å². The Morgan fingerprint density at radius 3 is 2.78 bits per heavy atom. The van der Waals surface area contributed by atoms with Crippen molar-refractivity contribution in [2.45, 2.75) is 25.2 Å². The highest BCUT2D eigenvalue weighted by molar-refractivity contribution is 6.29. The SMILES string of the molecule is N#Cc1cc(F)cc(N(C(=O)O)c2cc(Cl)nc3c(C4CCC4)cnn23)c1. The second-order valence-electron chi connectivity index (χ2n) is 6.33. The minimum atomic E-state index is -1.37. The molecule has 0 saturated heterocycles. The van der Waals surface area contributed by atoms with Crippen LogP contribution in [0.25, 0.3) is 5.65 Å². The second kappa shape index (κ2) is 6.52. The summed E-state index contributed by atoms with van der Waals surface area (Å²) in [6.07, 6.45) is 3.45.